The third-order valence-corrected chi connectivity index (χ3v) is 4.30. The van der Waals surface area contributed by atoms with E-state index in [4.69, 9.17) is 0 Å². The predicted octanol–water partition coefficient (Wildman–Crippen LogP) is 1.36. The molecule has 0 aromatic carbocycles. The van der Waals surface area contributed by atoms with Crippen molar-refractivity contribution in [3.8, 4) is 0 Å². The average Bonchev–Trinajstić information content (AvgIpc) is 2.39. The van der Waals surface area contributed by atoms with Crippen molar-refractivity contribution in [2.45, 2.75) is 38.1 Å². The first-order valence-corrected chi connectivity index (χ1v) is 7.22. The predicted molar refractivity (Wildman–Crippen MR) is 73.1 cm³/mol. The van der Waals surface area contributed by atoms with Gasteiger partial charge in [-0.05, 0) is 52.7 Å². The molecule has 0 aromatic rings. The third kappa shape index (κ3) is 3.94. The number of hydrogen-bond donors (Lipinski definition) is 1. The van der Waals surface area contributed by atoms with Crippen LogP contribution in [0.5, 0.6) is 0 Å². The van der Waals surface area contributed by atoms with E-state index in [1.165, 1.54) is 45.3 Å². The molecule has 2 saturated heterocycles. The Labute approximate surface area is 107 Å². The summed E-state index contributed by atoms with van der Waals surface area (Å²) in [5.41, 5.74) is 0.125. The fraction of sp³-hybridized carbons (Fsp3) is 0.929. The zero-order valence-electron chi connectivity index (χ0n) is 11.4. The highest BCUT2D eigenvalue weighted by Gasteiger charge is 2.28. The molecule has 0 aromatic heterocycles. The van der Waals surface area contributed by atoms with Crippen LogP contribution in [0.1, 0.15) is 32.6 Å². The van der Waals surface area contributed by atoms with Crippen LogP contribution >= 0.6 is 0 Å². The van der Waals surface area contributed by atoms with Crippen molar-refractivity contribution in [2.24, 2.45) is 0 Å². The first-order valence-electron chi connectivity index (χ1n) is 7.22. The standard InChI is InChI=1S/C14H28N3/c1-14(2,17-12-7-15-8-13-17)6-11-16-9-4-3-5-10-16/h15H,1,3-13H2,2H3. The Bertz CT molecular complexity index is 216. The monoisotopic (exact) mass is 238 g/mol. The molecule has 2 rings (SSSR count). The second-order valence-corrected chi connectivity index (χ2v) is 5.89. The van der Waals surface area contributed by atoms with Gasteiger partial charge in [0.1, 0.15) is 0 Å². The summed E-state index contributed by atoms with van der Waals surface area (Å²) in [4.78, 5) is 5.17. The maximum absolute atomic E-state index is 4.45. The smallest absolute Gasteiger partial charge is 0.0195 e. The molecule has 3 nitrogen and oxygen atoms in total. The molecule has 2 aliphatic rings. The van der Waals surface area contributed by atoms with Crippen molar-refractivity contribution in [3.05, 3.63) is 6.92 Å². The minimum atomic E-state index is 0.125. The normalized spacial score (nSPS) is 25.1. The van der Waals surface area contributed by atoms with Crippen molar-refractivity contribution in [1.29, 1.82) is 0 Å². The molecule has 2 aliphatic heterocycles. The highest BCUT2D eigenvalue weighted by atomic mass is 15.2. The van der Waals surface area contributed by atoms with E-state index in [2.05, 4.69) is 29.0 Å². The highest BCUT2D eigenvalue weighted by Crippen LogP contribution is 2.20. The van der Waals surface area contributed by atoms with E-state index < -0.39 is 0 Å². The van der Waals surface area contributed by atoms with Gasteiger partial charge in [-0.3, -0.25) is 4.90 Å². The zero-order valence-corrected chi connectivity index (χ0v) is 11.4. The van der Waals surface area contributed by atoms with E-state index in [0.717, 1.165) is 26.2 Å². The summed E-state index contributed by atoms with van der Waals surface area (Å²) < 4.78 is 0. The average molecular weight is 238 g/mol. The summed E-state index contributed by atoms with van der Waals surface area (Å²) in [6, 6.07) is 0. The lowest BCUT2D eigenvalue weighted by atomic mass is 9.96. The van der Waals surface area contributed by atoms with Gasteiger partial charge in [0.15, 0.2) is 0 Å². The maximum atomic E-state index is 4.45. The summed E-state index contributed by atoms with van der Waals surface area (Å²) in [5, 5.41) is 3.41. The van der Waals surface area contributed by atoms with E-state index in [-0.39, 0.29) is 5.54 Å². The Morgan fingerprint density at radius 3 is 2.35 bits per heavy atom. The van der Waals surface area contributed by atoms with Gasteiger partial charge >= 0.3 is 0 Å². The Morgan fingerprint density at radius 1 is 1.06 bits per heavy atom. The van der Waals surface area contributed by atoms with Crippen molar-refractivity contribution >= 4 is 0 Å². The van der Waals surface area contributed by atoms with E-state index >= 15 is 0 Å². The van der Waals surface area contributed by atoms with Crippen LogP contribution in [-0.4, -0.2) is 61.2 Å². The fourth-order valence-corrected chi connectivity index (χ4v) is 2.94. The first kappa shape index (κ1) is 13.3. The van der Waals surface area contributed by atoms with Gasteiger partial charge in [0, 0.05) is 31.7 Å². The fourth-order valence-electron chi connectivity index (χ4n) is 2.94. The lowest BCUT2D eigenvalue weighted by Gasteiger charge is -2.42. The van der Waals surface area contributed by atoms with E-state index in [9.17, 15) is 0 Å². The molecule has 17 heavy (non-hydrogen) atoms. The lowest BCUT2D eigenvalue weighted by Crippen LogP contribution is -2.54. The van der Waals surface area contributed by atoms with Gasteiger partial charge in [0.25, 0.3) is 0 Å². The Hall–Kier alpha value is -0.120. The Balaban J connectivity index is 1.75. The van der Waals surface area contributed by atoms with Gasteiger partial charge in [-0.1, -0.05) is 6.42 Å². The summed E-state index contributed by atoms with van der Waals surface area (Å²) in [5.74, 6) is 0. The molecule has 1 radical (unpaired) electrons. The molecule has 3 heteroatoms. The summed E-state index contributed by atoms with van der Waals surface area (Å²) in [6.45, 7) is 15.1. The van der Waals surface area contributed by atoms with Gasteiger partial charge in [-0.25, -0.2) is 0 Å². The van der Waals surface area contributed by atoms with Crippen LogP contribution in [0.2, 0.25) is 0 Å². The summed E-state index contributed by atoms with van der Waals surface area (Å²) in [6.07, 6.45) is 5.41. The molecule has 0 aliphatic carbocycles. The van der Waals surface area contributed by atoms with Gasteiger partial charge in [-0.15, -0.1) is 0 Å². The SMILES string of the molecule is [CH2]C(C)(CCN1CCCCC1)N1CCNCC1. The molecule has 0 amide bonds. The number of piperidine rings is 1. The highest BCUT2D eigenvalue weighted by molar-refractivity contribution is 4.91. The van der Waals surface area contributed by atoms with Crippen LogP contribution in [-0.2, 0) is 0 Å². The van der Waals surface area contributed by atoms with Crippen molar-refractivity contribution in [2.75, 3.05) is 45.8 Å². The first-order chi connectivity index (χ1) is 8.18. The number of nitrogens with one attached hydrogen (secondary N) is 1. The van der Waals surface area contributed by atoms with Crippen LogP contribution in [0.25, 0.3) is 0 Å². The lowest BCUT2D eigenvalue weighted by molar-refractivity contribution is 0.0988. The Kier molecular flexibility index (Phi) is 4.83. The van der Waals surface area contributed by atoms with Crippen LogP contribution < -0.4 is 5.32 Å². The van der Waals surface area contributed by atoms with Gasteiger partial charge in [0.05, 0.1) is 0 Å². The van der Waals surface area contributed by atoms with E-state index in [1.807, 2.05) is 0 Å². The summed E-state index contributed by atoms with van der Waals surface area (Å²) >= 11 is 0. The van der Waals surface area contributed by atoms with Gasteiger partial charge in [-0.2, -0.15) is 0 Å². The number of rotatable bonds is 4. The van der Waals surface area contributed by atoms with Crippen LogP contribution in [0.4, 0.5) is 0 Å². The minimum absolute atomic E-state index is 0.125. The van der Waals surface area contributed by atoms with E-state index in [0.29, 0.717) is 0 Å². The van der Waals surface area contributed by atoms with Gasteiger partial charge in [0.2, 0.25) is 0 Å². The maximum Gasteiger partial charge on any atom is 0.0195 e. The molecular formula is C14H28N3. The molecule has 99 valence electrons. The van der Waals surface area contributed by atoms with Crippen molar-refractivity contribution < 1.29 is 0 Å². The summed E-state index contributed by atoms with van der Waals surface area (Å²) in [7, 11) is 0. The zero-order chi connectivity index (χ0) is 12.1. The largest absolute Gasteiger partial charge is 0.314 e. The third-order valence-electron chi connectivity index (χ3n) is 4.30. The molecule has 0 spiro atoms. The second-order valence-electron chi connectivity index (χ2n) is 5.89. The molecule has 1 atom stereocenters. The number of piperazine rings is 1. The molecule has 1 N–H and O–H groups in total. The molecule has 2 fully saturated rings. The number of likely N-dealkylation sites (tertiary alicyclic amines) is 1. The number of nitrogens with zero attached hydrogens (tertiary/aromatic N) is 2. The molecule has 1 unspecified atom stereocenters. The second kappa shape index (κ2) is 6.17. The topological polar surface area (TPSA) is 18.5 Å². The van der Waals surface area contributed by atoms with Crippen LogP contribution in [0.15, 0.2) is 0 Å². The molecular weight excluding hydrogens is 210 g/mol. The van der Waals surface area contributed by atoms with Crippen molar-refractivity contribution in [3.63, 3.8) is 0 Å². The molecule has 0 bridgehead atoms. The van der Waals surface area contributed by atoms with Crippen molar-refractivity contribution in [1.82, 2.24) is 15.1 Å². The Morgan fingerprint density at radius 2 is 1.71 bits per heavy atom. The molecule has 0 saturated carbocycles. The number of hydrogen-bond acceptors (Lipinski definition) is 3. The quantitative estimate of drug-likeness (QED) is 0.798. The minimum Gasteiger partial charge on any atom is -0.314 e. The molecule has 2 heterocycles. The van der Waals surface area contributed by atoms with Crippen LogP contribution in [0, 0.1) is 6.92 Å². The van der Waals surface area contributed by atoms with Crippen LogP contribution in [0.3, 0.4) is 0 Å². The van der Waals surface area contributed by atoms with Gasteiger partial charge < -0.3 is 10.2 Å². The van der Waals surface area contributed by atoms with E-state index in [1.54, 1.807) is 0 Å².